The minimum atomic E-state index is -1.13. The number of carbonyl (C=O) groups is 1. The second-order valence-electron chi connectivity index (χ2n) is 6.73. The fourth-order valence-corrected chi connectivity index (χ4v) is 3.31. The number of piperidine rings is 1. The van der Waals surface area contributed by atoms with Crippen LogP contribution in [-0.2, 0) is 10.4 Å². The average Bonchev–Trinajstić information content (AvgIpc) is 3.09. The molecule has 2 heterocycles. The molecule has 0 bridgehead atoms. The molecule has 7 nitrogen and oxygen atoms in total. The van der Waals surface area contributed by atoms with Crippen LogP contribution in [0, 0.1) is 13.8 Å². The highest BCUT2D eigenvalue weighted by molar-refractivity contribution is 5.76. The molecular weight excluding hydrogens is 320 g/mol. The lowest BCUT2D eigenvalue weighted by Gasteiger charge is -2.38. The maximum atomic E-state index is 12.5. The molecule has 1 aliphatic heterocycles. The van der Waals surface area contributed by atoms with Crippen LogP contribution >= 0.6 is 0 Å². The van der Waals surface area contributed by atoms with Gasteiger partial charge in [-0.2, -0.15) is 15.4 Å². The van der Waals surface area contributed by atoms with Crippen molar-refractivity contribution in [2.75, 3.05) is 19.7 Å². The summed E-state index contributed by atoms with van der Waals surface area (Å²) in [6.07, 6.45) is 3.09. The quantitative estimate of drug-likeness (QED) is 0.861. The molecule has 1 saturated heterocycles. The lowest BCUT2D eigenvalue weighted by molar-refractivity contribution is -0.139. The van der Waals surface area contributed by atoms with Crippen molar-refractivity contribution < 1.29 is 14.6 Å². The topological polar surface area (TPSA) is 91.3 Å². The summed E-state index contributed by atoms with van der Waals surface area (Å²) >= 11 is 0. The van der Waals surface area contributed by atoms with Crippen molar-refractivity contribution in [1.82, 2.24) is 20.3 Å². The summed E-state index contributed by atoms with van der Waals surface area (Å²) in [7, 11) is 0. The summed E-state index contributed by atoms with van der Waals surface area (Å²) in [4.78, 5) is 14.2. The number of hydrogen-bond donors (Lipinski definition) is 2. The molecule has 2 N–H and O–H groups in total. The van der Waals surface area contributed by atoms with Gasteiger partial charge in [0.05, 0.1) is 25.8 Å². The van der Waals surface area contributed by atoms with Gasteiger partial charge in [-0.05, 0) is 49.9 Å². The maximum absolute atomic E-state index is 12.5. The van der Waals surface area contributed by atoms with E-state index in [2.05, 4.69) is 21.5 Å². The fraction of sp³-hybridized carbons (Fsp3) is 0.500. The van der Waals surface area contributed by atoms with E-state index in [-0.39, 0.29) is 18.9 Å². The first-order valence-electron chi connectivity index (χ1n) is 8.54. The van der Waals surface area contributed by atoms with E-state index in [4.69, 9.17) is 4.74 Å². The van der Waals surface area contributed by atoms with Gasteiger partial charge in [0.2, 0.25) is 5.91 Å². The molecule has 0 saturated carbocycles. The number of carbonyl (C=O) groups excluding carboxylic acids is 1. The van der Waals surface area contributed by atoms with Gasteiger partial charge in [-0.3, -0.25) is 4.79 Å². The van der Waals surface area contributed by atoms with Crippen molar-refractivity contribution in [2.24, 2.45) is 0 Å². The molecular formula is C18H24N4O3. The number of likely N-dealkylation sites (tertiary alicyclic amines) is 1. The van der Waals surface area contributed by atoms with Gasteiger partial charge < -0.3 is 14.7 Å². The molecule has 25 heavy (non-hydrogen) atoms. The third kappa shape index (κ3) is 4.17. The van der Waals surface area contributed by atoms with E-state index in [9.17, 15) is 9.90 Å². The molecule has 0 radical (unpaired) electrons. The number of β-amino-alcohol motifs (C(OH)–C–C–N with tert-alkyl or cyclic N) is 1. The predicted octanol–water partition coefficient (Wildman–Crippen LogP) is 1.70. The molecule has 0 aliphatic carbocycles. The van der Waals surface area contributed by atoms with Gasteiger partial charge in [-0.1, -0.05) is 6.07 Å². The van der Waals surface area contributed by atoms with E-state index in [0.717, 1.165) is 23.3 Å². The molecule has 1 aliphatic rings. The van der Waals surface area contributed by atoms with Crippen LogP contribution in [0.3, 0.4) is 0 Å². The van der Waals surface area contributed by atoms with Crippen molar-refractivity contribution >= 4 is 5.91 Å². The van der Waals surface area contributed by atoms with Crippen LogP contribution < -0.4 is 4.74 Å². The third-order valence-electron chi connectivity index (χ3n) is 4.50. The van der Waals surface area contributed by atoms with Gasteiger partial charge in [0.1, 0.15) is 17.0 Å². The minimum Gasteiger partial charge on any atom is -0.493 e. The van der Waals surface area contributed by atoms with Gasteiger partial charge in [-0.15, -0.1) is 0 Å². The number of aryl methyl sites for hydroxylation is 2. The number of amides is 1. The lowest BCUT2D eigenvalue weighted by Crippen LogP contribution is -2.49. The second-order valence-corrected chi connectivity index (χ2v) is 6.73. The summed E-state index contributed by atoms with van der Waals surface area (Å²) < 4.78 is 5.72. The number of nitrogens with one attached hydrogen (secondary N) is 1. The van der Waals surface area contributed by atoms with Crippen molar-refractivity contribution in [3.05, 3.63) is 41.2 Å². The second kappa shape index (κ2) is 7.23. The molecule has 1 fully saturated rings. The van der Waals surface area contributed by atoms with E-state index >= 15 is 0 Å². The van der Waals surface area contributed by atoms with E-state index in [1.165, 1.54) is 6.20 Å². The van der Waals surface area contributed by atoms with Gasteiger partial charge in [0, 0.05) is 6.54 Å². The zero-order chi connectivity index (χ0) is 17.9. The Kier molecular flexibility index (Phi) is 5.03. The van der Waals surface area contributed by atoms with Crippen molar-refractivity contribution in [3.63, 3.8) is 0 Å². The number of H-pyrrole nitrogens is 1. The number of benzene rings is 1. The normalized spacial score (nSPS) is 20.5. The van der Waals surface area contributed by atoms with Crippen molar-refractivity contribution in [2.45, 2.75) is 38.7 Å². The third-order valence-corrected chi connectivity index (χ3v) is 4.50. The first-order chi connectivity index (χ1) is 12.0. The zero-order valence-electron chi connectivity index (χ0n) is 14.7. The smallest absolute Gasteiger partial charge is 0.226 e. The van der Waals surface area contributed by atoms with Crippen molar-refractivity contribution in [1.29, 1.82) is 0 Å². The Bertz CT molecular complexity index is 712. The SMILES string of the molecule is Cc1cc(C)cc(OCCC(=O)N2CCC[C@@](O)(c3cn[nH]n3)C2)c1. The van der Waals surface area contributed by atoms with Crippen LogP contribution in [-0.4, -0.2) is 51.0 Å². The first-order valence-corrected chi connectivity index (χ1v) is 8.54. The van der Waals surface area contributed by atoms with Crippen LogP contribution in [0.5, 0.6) is 5.75 Å². The highest BCUT2D eigenvalue weighted by Gasteiger charge is 2.38. The van der Waals surface area contributed by atoms with Crippen LogP contribution in [0.4, 0.5) is 0 Å². The number of aromatic amines is 1. The number of aliphatic hydroxyl groups is 1. The summed E-state index contributed by atoms with van der Waals surface area (Å²) in [5.41, 5.74) is 1.62. The van der Waals surface area contributed by atoms with Gasteiger partial charge in [0.25, 0.3) is 0 Å². The first kappa shape index (κ1) is 17.4. The Morgan fingerprint density at radius 2 is 2.12 bits per heavy atom. The minimum absolute atomic E-state index is 0.0222. The van der Waals surface area contributed by atoms with Gasteiger partial charge in [0.15, 0.2) is 0 Å². The Balaban J connectivity index is 1.54. The molecule has 0 unspecified atom stereocenters. The monoisotopic (exact) mass is 344 g/mol. The van der Waals surface area contributed by atoms with E-state index in [1.807, 2.05) is 26.0 Å². The number of rotatable bonds is 5. The fourth-order valence-electron chi connectivity index (χ4n) is 3.31. The van der Waals surface area contributed by atoms with E-state index in [0.29, 0.717) is 25.3 Å². The van der Waals surface area contributed by atoms with Gasteiger partial charge >= 0.3 is 0 Å². The van der Waals surface area contributed by atoms with E-state index < -0.39 is 5.60 Å². The number of nitrogens with zero attached hydrogens (tertiary/aromatic N) is 3. The molecule has 134 valence electrons. The standard InChI is InChI=1S/C18H24N4O3/c1-13-8-14(2)10-15(9-13)25-7-4-17(23)22-6-3-5-18(24,12-22)16-11-19-21-20-16/h8-11,24H,3-7,12H2,1-2H3,(H,19,20,21)/t18-/m0/s1. The summed E-state index contributed by atoms with van der Waals surface area (Å²) in [6.45, 7) is 5.23. The van der Waals surface area contributed by atoms with Crippen LogP contribution in [0.1, 0.15) is 36.1 Å². The summed E-state index contributed by atoms with van der Waals surface area (Å²) in [6, 6.07) is 6.00. The van der Waals surface area contributed by atoms with E-state index in [1.54, 1.807) is 4.90 Å². The molecule has 1 amide bonds. The predicted molar refractivity (Wildman–Crippen MR) is 92.1 cm³/mol. The van der Waals surface area contributed by atoms with Crippen LogP contribution in [0.15, 0.2) is 24.4 Å². The maximum Gasteiger partial charge on any atom is 0.226 e. The van der Waals surface area contributed by atoms with Crippen LogP contribution in [0.25, 0.3) is 0 Å². The zero-order valence-corrected chi connectivity index (χ0v) is 14.7. The number of aromatic nitrogens is 3. The highest BCUT2D eigenvalue weighted by atomic mass is 16.5. The molecule has 0 spiro atoms. The summed E-state index contributed by atoms with van der Waals surface area (Å²) in [5, 5.41) is 21.0. The largest absolute Gasteiger partial charge is 0.493 e. The molecule has 1 atom stereocenters. The number of ether oxygens (including phenoxy) is 1. The molecule has 2 aromatic rings. The highest BCUT2D eigenvalue weighted by Crippen LogP contribution is 2.30. The number of hydrogen-bond acceptors (Lipinski definition) is 5. The summed E-state index contributed by atoms with van der Waals surface area (Å²) in [5.74, 6) is 0.758. The Labute approximate surface area is 147 Å². The molecule has 1 aromatic carbocycles. The lowest BCUT2D eigenvalue weighted by atomic mass is 9.90. The van der Waals surface area contributed by atoms with Crippen LogP contribution in [0.2, 0.25) is 0 Å². The molecule has 1 aromatic heterocycles. The average molecular weight is 344 g/mol. The van der Waals surface area contributed by atoms with Crippen molar-refractivity contribution in [3.8, 4) is 5.75 Å². The Hall–Kier alpha value is -2.41. The Morgan fingerprint density at radius 1 is 1.36 bits per heavy atom. The molecule has 3 rings (SSSR count). The molecule has 7 heteroatoms. The van der Waals surface area contributed by atoms with Gasteiger partial charge in [-0.25, -0.2) is 0 Å². The Morgan fingerprint density at radius 3 is 2.80 bits per heavy atom.